The molecule has 2 aromatic heterocycles. The predicted octanol–water partition coefficient (Wildman–Crippen LogP) is 4.78. The van der Waals surface area contributed by atoms with Crippen molar-refractivity contribution in [3.05, 3.63) is 64.2 Å². The average molecular weight is 509 g/mol. The maximum atomic E-state index is 12.1. The molecule has 3 rings (SSSR count). The van der Waals surface area contributed by atoms with Gasteiger partial charge in [-0.3, -0.25) is 4.79 Å². The van der Waals surface area contributed by atoms with Gasteiger partial charge < -0.3 is 5.32 Å². The average Bonchev–Trinajstić information content (AvgIpc) is 3.06. The van der Waals surface area contributed by atoms with Crippen molar-refractivity contribution in [2.45, 2.75) is 11.7 Å². The molecule has 2 heterocycles. The predicted molar refractivity (Wildman–Crippen MR) is 115 cm³/mol. The van der Waals surface area contributed by atoms with E-state index in [1.807, 2.05) is 30.3 Å². The van der Waals surface area contributed by atoms with Gasteiger partial charge in [0.15, 0.2) is 5.82 Å². The number of pyridine rings is 1. The van der Waals surface area contributed by atoms with E-state index in [-0.39, 0.29) is 11.7 Å². The number of carbonyl (C=O) groups excluding carboxylic acids is 1. The van der Waals surface area contributed by atoms with E-state index in [4.69, 9.17) is 0 Å². The Labute approximate surface area is 177 Å². The number of nitrogens with one attached hydrogen (secondary N) is 1. The number of anilines is 1. The largest absolute Gasteiger partial charge is 0.310 e. The molecule has 27 heavy (non-hydrogen) atoms. The smallest absolute Gasteiger partial charge is 0.236 e. The van der Waals surface area contributed by atoms with E-state index in [0.29, 0.717) is 17.5 Å². The molecule has 0 fully saturated rings. The molecule has 0 aliphatic heterocycles. The molecule has 138 valence electrons. The minimum Gasteiger partial charge on any atom is -0.310 e. The molecule has 0 bridgehead atoms. The van der Waals surface area contributed by atoms with Crippen LogP contribution in [0.5, 0.6) is 0 Å². The molecule has 0 spiro atoms. The summed E-state index contributed by atoms with van der Waals surface area (Å²) in [6.07, 6.45) is 3.39. The van der Waals surface area contributed by atoms with Crippen molar-refractivity contribution in [3.8, 4) is 11.4 Å². The third kappa shape index (κ3) is 5.50. The van der Waals surface area contributed by atoms with Crippen LogP contribution in [0.25, 0.3) is 11.4 Å². The lowest BCUT2D eigenvalue weighted by atomic mass is 10.2. The van der Waals surface area contributed by atoms with Gasteiger partial charge in [0.2, 0.25) is 11.1 Å². The van der Waals surface area contributed by atoms with Crippen LogP contribution in [0.2, 0.25) is 0 Å². The molecule has 0 saturated carbocycles. The Bertz CT molecular complexity index is 941. The molecular formula is C18H15Br2N5OS. The first-order chi connectivity index (χ1) is 13.0. The number of hydrogen-bond donors (Lipinski definition) is 1. The lowest BCUT2D eigenvalue weighted by Crippen LogP contribution is -2.15. The fourth-order valence-corrected chi connectivity index (χ4v) is 3.34. The maximum Gasteiger partial charge on any atom is 0.236 e. The van der Waals surface area contributed by atoms with Gasteiger partial charge in [0, 0.05) is 20.7 Å². The molecular weight excluding hydrogens is 494 g/mol. The van der Waals surface area contributed by atoms with Crippen LogP contribution in [-0.4, -0.2) is 31.4 Å². The summed E-state index contributed by atoms with van der Waals surface area (Å²) in [7, 11) is 0. The molecule has 0 aliphatic rings. The van der Waals surface area contributed by atoms with Crippen molar-refractivity contribution in [3.63, 3.8) is 0 Å². The van der Waals surface area contributed by atoms with E-state index in [9.17, 15) is 4.79 Å². The summed E-state index contributed by atoms with van der Waals surface area (Å²) >= 11 is 8.01. The highest BCUT2D eigenvalue weighted by atomic mass is 79.9. The SMILES string of the molecule is C=CCn1nc(SCC(=O)Nc2ccc(Br)cn2)nc1-c1ccc(Br)cc1. The second-order valence-electron chi connectivity index (χ2n) is 5.39. The Morgan fingerprint density at radius 1 is 1.19 bits per heavy atom. The molecule has 1 aromatic carbocycles. The van der Waals surface area contributed by atoms with E-state index in [1.165, 1.54) is 11.8 Å². The number of amides is 1. The summed E-state index contributed by atoms with van der Waals surface area (Å²) in [5.41, 5.74) is 0.947. The van der Waals surface area contributed by atoms with Crippen LogP contribution < -0.4 is 5.32 Å². The summed E-state index contributed by atoms with van der Waals surface area (Å²) < 4.78 is 3.62. The lowest BCUT2D eigenvalue weighted by Gasteiger charge is -2.02. The molecule has 1 amide bonds. The highest BCUT2D eigenvalue weighted by Crippen LogP contribution is 2.24. The first-order valence-electron chi connectivity index (χ1n) is 7.91. The molecule has 0 unspecified atom stereocenters. The number of allylic oxidation sites excluding steroid dienone is 1. The Morgan fingerprint density at radius 2 is 1.93 bits per heavy atom. The second kappa shape index (κ2) is 9.29. The number of hydrogen-bond acceptors (Lipinski definition) is 5. The zero-order valence-corrected chi connectivity index (χ0v) is 18.1. The van der Waals surface area contributed by atoms with E-state index in [0.717, 1.165) is 20.3 Å². The van der Waals surface area contributed by atoms with Gasteiger partial charge in [0.25, 0.3) is 0 Å². The summed E-state index contributed by atoms with van der Waals surface area (Å²) in [6.45, 7) is 4.30. The zero-order valence-electron chi connectivity index (χ0n) is 14.1. The van der Waals surface area contributed by atoms with Gasteiger partial charge in [-0.1, -0.05) is 45.9 Å². The molecule has 0 saturated heterocycles. The maximum absolute atomic E-state index is 12.1. The van der Waals surface area contributed by atoms with Crippen LogP contribution >= 0.6 is 43.6 Å². The fourth-order valence-electron chi connectivity index (χ4n) is 2.20. The van der Waals surface area contributed by atoms with Crippen LogP contribution in [0.4, 0.5) is 5.82 Å². The highest BCUT2D eigenvalue weighted by Gasteiger charge is 2.13. The Hall–Kier alpha value is -1.97. The number of rotatable bonds is 7. The van der Waals surface area contributed by atoms with E-state index < -0.39 is 0 Å². The normalized spacial score (nSPS) is 10.6. The Balaban J connectivity index is 1.68. The van der Waals surface area contributed by atoms with Crippen LogP contribution in [-0.2, 0) is 11.3 Å². The summed E-state index contributed by atoms with van der Waals surface area (Å²) in [5.74, 6) is 1.26. The van der Waals surface area contributed by atoms with Crippen LogP contribution in [0.1, 0.15) is 0 Å². The molecule has 9 heteroatoms. The van der Waals surface area contributed by atoms with E-state index in [2.05, 4.69) is 58.8 Å². The number of benzene rings is 1. The Morgan fingerprint density at radius 3 is 2.59 bits per heavy atom. The van der Waals surface area contributed by atoms with Crippen LogP contribution in [0.15, 0.2) is 69.4 Å². The first-order valence-corrected chi connectivity index (χ1v) is 10.5. The number of aromatic nitrogens is 4. The van der Waals surface area contributed by atoms with Gasteiger partial charge in [-0.25, -0.2) is 14.6 Å². The van der Waals surface area contributed by atoms with E-state index in [1.54, 1.807) is 23.0 Å². The molecule has 1 N–H and O–H groups in total. The van der Waals surface area contributed by atoms with Crippen molar-refractivity contribution in [2.75, 3.05) is 11.1 Å². The molecule has 3 aromatic rings. The fraction of sp³-hybridized carbons (Fsp3) is 0.111. The van der Waals surface area contributed by atoms with Crippen LogP contribution in [0, 0.1) is 0 Å². The minimum atomic E-state index is -0.167. The highest BCUT2D eigenvalue weighted by molar-refractivity contribution is 9.10. The summed E-state index contributed by atoms with van der Waals surface area (Å²) in [5, 5.41) is 7.76. The zero-order chi connectivity index (χ0) is 19.2. The summed E-state index contributed by atoms with van der Waals surface area (Å²) in [4.78, 5) is 20.8. The van der Waals surface area contributed by atoms with Crippen LogP contribution in [0.3, 0.4) is 0 Å². The number of nitrogens with zero attached hydrogens (tertiary/aromatic N) is 4. The van der Waals surface area contributed by atoms with Crippen molar-refractivity contribution < 1.29 is 4.79 Å². The van der Waals surface area contributed by atoms with Crippen molar-refractivity contribution in [1.29, 1.82) is 0 Å². The lowest BCUT2D eigenvalue weighted by molar-refractivity contribution is -0.113. The van der Waals surface area contributed by atoms with Gasteiger partial charge >= 0.3 is 0 Å². The third-order valence-corrected chi connectivity index (χ3v) is 5.22. The van der Waals surface area contributed by atoms with Crippen molar-refractivity contribution >= 4 is 55.3 Å². The monoisotopic (exact) mass is 507 g/mol. The topological polar surface area (TPSA) is 72.7 Å². The number of thioether (sulfide) groups is 1. The first kappa shape index (κ1) is 19.8. The van der Waals surface area contributed by atoms with Crippen molar-refractivity contribution in [2.24, 2.45) is 0 Å². The molecule has 0 radical (unpaired) electrons. The number of halogens is 2. The molecule has 0 aliphatic carbocycles. The Kier molecular flexibility index (Phi) is 6.81. The van der Waals surface area contributed by atoms with Gasteiger partial charge in [0.1, 0.15) is 5.82 Å². The van der Waals surface area contributed by atoms with Gasteiger partial charge in [0.05, 0.1) is 12.3 Å². The quantitative estimate of drug-likeness (QED) is 0.367. The molecule has 0 atom stereocenters. The van der Waals surface area contributed by atoms with Gasteiger partial charge in [-0.2, -0.15) is 0 Å². The summed E-state index contributed by atoms with van der Waals surface area (Å²) in [6, 6.07) is 11.4. The van der Waals surface area contributed by atoms with Crippen molar-refractivity contribution in [1.82, 2.24) is 19.7 Å². The molecule has 6 nitrogen and oxygen atoms in total. The van der Waals surface area contributed by atoms with Gasteiger partial charge in [-0.15, -0.1) is 11.7 Å². The van der Waals surface area contributed by atoms with Gasteiger partial charge in [-0.05, 0) is 40.2 Å². The third-order valence-electron chi connectivity index (χ3n) is 3.38. The second-order valence-corrected chi connectivity index (χ2v) is 8.17. The standard InChI is InChI=1S/C18H15Br2N5OS/c1-2-9-25-17(12-3-5-13(19)6-4-12)23-18(24-25)27-11-16(26)22-15-8-7-14(20)10-21-15/h2-8,10H,1,9,11H2,(H,21,22,26). The minimum absolute atomic E-state index is 0.167. The number of carbonyl (C=O) groups is 1. The van der Waals surface area contributed by atoms with E-state index >= 15 is 0 Å².